The SMILES string of the molecule is CCC(C(=O)NC1CCCCC1)N(Cc1ccccc1)C(=O)COc1ccc(Br)cc1. The minimum atomic E-state index is -0.525. The molecule has 0 saturated heterocycles. The van der Waals surface area contributed by atoms with Crippen molar-refractivity contribution in [3.05, 3.63) is 64.6 Å². The Hall–Kier alpha value is -2.34. The topological polar surface area (TPSA) is 58.6 Å². The zero-order chi connectivity index (χ0) is 22.1. The molecule has 0 heterocycles. The summed E-state index contributed by atoms with van der Waals surface area (Å²) in [5.41, 5.74) is 0.989. The number of rotatable bonds is 9. The number of hydrogen-bond acceptors (Lipinski definition) is 3. The summed E-state index contributed by atoms with van der Waals surface area (Å²) in [4.78, 5) is 28.0. The van der Waals surface area contributed by atoms with Gasteiger partial charge in [0.15, 0.2) is 6.61 Å². The van der Waals surface area contributed by atoms with E-state index in [1.165, 1.54) is 6.42 Å². The molecule has 2 amide bonds. The lowest BCUT2D eigenvalue weighted by Gasteiger charge is -2.32. The Labute approximate surface area is 193 Å². The third-order valence-corrected chi connectivity index (χ3v) is 6.24. The molecule has 1 atom stereocenters. The maximum absolute atomic E-state index is 13.2. The molecule has 2 aromatic carbocycles. The van der Waals surface area contributed by atoms with Crippen LogP contribution in [0.3, 0.4) is 0 Å². The average molecular weight is 487 g/mol. The molecule has 166 valence electrons. The molecule has 3 rings (SSSR count). The molecule has 0 radical (unpaired) electrons. The summed E-state index contributed by atoms with van der Waals surface area (Å²) in [5, 5.41) is 3.19. The number of benzene rings is 2. The van der Waals surface area contributed by atoms with Crippen molar-refractivity contribution >= 4 is 27.7 Å². The van der Waals surface area contributed by atoms with Gasteiger partial charge < -0.3 is 15.0 Å². The second kappa shape index (κ2) is 11.9. The average Bonchev–Trinajstić information content (AvgIpc) is 2.79. The van der Waals surface area contributed by atoms with E-state index >= 15 is 0 Å². The van der Waals surface area contributed by atoms with Gasteiger partial charge in [-0.25, -0.2) is 0 Å². The molecule has 1 fully saturated rings. The van der Waals surface area contributed by atoms with Crippen LogP contribution in [0, 0.1) is 0 Å². The van der Waals surface area contributed by atoms with Crippen LogP contribution in [-0.2, 0) is 16.1 Å². The third-order valence-electron chi connectivity index (χ3n) is 5.71. The molecular formula is C25H31BrN2O3. The largest absolute Gasteiger partial charge is 0.484 e. The summed E-state index contributed by atoms with van der Waals surface area (Å²) in [6.45, 7) is 2.22. The lowest BCUT2D eigenvalue weighted by molar-refractivity contribution is -0.143. The highest BCUT2D eigenvalue weighted by atomic mass is 79.9. The van der Waals surface area contributed by atoms with Crippen molar-refractivity contribution in [3.63, 3.8) is 0 Å². The Morgan fingerprint density at radius 3 is 2.39 bits per heavy atom. The van der Waals surface area contributed by atoms with Crippen LogP contribution >= 0.6 is 15.9 Å². The van der Waals surface area contributed by atoms with Crippen molar-refractivity contribution in [1.29, 1.82) is 0 Å². The van der Waals surface area contributed by atoms with Crippen LogP contribution in [-0.4, -0.2) is 35.4 Å². The smallest absolute Gasteiger partial charge is 0.261 e. The lowest BCUT2D eigenvalue weighted by atomic mass is 9.95. The van der Waals surface area contributed by atoms with Crippen LogP contribution in [0.2, 0.25) is 0 Å². The van der Waals surface area contributed by atoms with Gasteiger partial charge >= 0.3 is 0 Å². The summed E-state index contributed by atoms with van der Waals surface area (Å²) < 4.78 is 6.67. The summed E-state index contributed by atoms with van der Waals surface area (Å²) in [6.07, 6.45) is 6.11. The molecule has 1 N–H and O–H groups in total. The van der Waals surface area contributed by atoms with Gasteiger partial charge in [-0.05, 0) is 49.1 Å². The van der Waals surface area contributed by atoms with Gasteiger partial charge in [-0.1, -0.05) is 72.4 Å². The van der Waals surface area contributed by atoms with Gasteiger partial charge in [0.05, 0.1) is 0 Å². The molecule has 1 saturated carbocycles. The number of nitrogens with one attached hydrogen (secondary N) is 1. The van der Waals surface area contributed by atoms with Crippen LogP contribution in [0.4, 0.5) is 0 Å². The van der Waals surface area contributed by atoms with Crippen molar-refractivity contribution in [2.45, 2.75) is 64.1 Å². The highest BCUT2D eigenvalue weighted by Crippen LogP contribution is 2.20. The molecule has 2 aromatic rings. The molecule has 0 bridgehead atoms. The molecule has 1 aliphatic rings. The first kappa shape index (κ1) is 23.3. The zero-order valence-corrected chi connectivity index (χ0v) is 19.6. The zero-order valence-electron chi connectivity index (χ0n) is 18.1. The molecule has 1 unspecified atom stereocenters. The molecule has 0 aromatic heterocycles. The Morgan fingerprint density at radius 1 is 1.06 bits per heavy atom. The lowest BCUT2D eigenvalue weighted by Crippen LogP contribution is -2.52. The molecular weight excluding hydrogens is 456 g/mol. The van der Waals surface area contributed by atoms with Crippen LogP contribution < -0.4 is 10.1 Å². The van der Waals surface area contributed by atoms with Crippen LogP contribution in [0.5, 0.6) is 5.75 Å². The van der Waals surface area contributed by atoms with E-state index in [0.717, 1.165) is 35.7 Å². The normalized spacial score (nSPS) is 15.2. The minimum absolute atomic E-state index is 0.0673. The number of hydrogen-bond donors (Lipinski definition) is 1. The van der Waals surface area contributed by atoms with E-state index in [0.29, 0.717) is 18.7 Å². The first-order valence-corrected chi connectivity index (χ1v) is 11.9. The molecule has 1 aliphatic carbocycles. The summed E-state index contributed by atoms with van der Waals surface area (Å²) >= 11 is 3.40. The van der Waals surface area contributed by atoms with E-state index in [1.54, 1.807) is 4.90 Å². The number of halogens is 1. The van der Waals surface area contributed by atoms with Gasteiger partial charge in [-0.15, -0.1) is 0 Å². The number of carbonyl (C=O) groups is 2. The van der Waals surface area contributed by atoms with Crippen molar-refractivity contribution in [2.75, 3.05) is 6.61 Å². The first-order valence-electron chi connectivity index (χ1n) is 11.1. The molecule has 31 heavy (non-hydrogen) atoms. The fourth-order valence-electron chi connectivity index (χ4n) is 4.00. The maximum atomic E-state index is 13.2. The molecule has 0 aliphatic heterocycles. The Bertz CT molecular complexity index is 836. The Kier molecular flexibility index (Phi) is 8.95. The van der Waals surface area contributed by atoms with Crippen molar-refractivity contribution in [2.24, 2.45) is 0 Å². The molecule has 0 spiro atoms. The highest BCUT2D eigenvalue weighted by molar-refractivity contribution is 9.10. The number of ether oxygens (including phenoxy) is 1. The van der Waals surface area contributed by atoms with Crippen LogP contribution in [0.1, 0.15) is 51.0 Å². The quantitative estimate of drug-likeness (QED) is 0.537. The second-order valence-electron chi connectivity index (χ2n) is 8.02. The Morgan fingerprint density at radius 2 is 1.74 bits per heavy atom. The number of nitrogens with zero attached hydrogens (tertiary/aromatic N) is 1. The van der Waals surface area contributed by atoms with E-state index < -0.39 is 6.04 Å². The Balaban J connectivity index is 1.72. The highest BCUT2D eigenvalue weighted by Gasteiger charge is 2.30. The number of carbonyl (C=O) groups excluding carboxylic acids is 2. The number of amides is 2. The van der Waals surface area contributed by atoms with Gasteiger partial charge in [0, 0.05) is 17.1 Å². The first-order chi connectivity index (χ1) is 15.1. The van der Waals surface area contributed by atoms with Gasteiger partial charge in [-0.3, -0.25) is 9.59 Å². The summed E-state index contributed by atoms with van der Waals surface area (Å²) in [6, 6.07) is 16.8. The molecule has 5 nitrogen and oxygen atoms in total. The summed E-state index contributed by atoms with van der Waals surface area (Å²) in [5.74, 6) is 0.357. The standard InChI is InChI=1S/C25H31BrN2O3/c1-2-23(25(30)27-21-11-7-4-8-12-21)28(17-19-9-5-3-6-10-19)24(29)18-31-22-15-13-20(26)14-16-22/h3,5-6,9-10,13-16,21,23H,2,4,7-8,11-12,17-18H2,1H3,(H,27,30). The van der Waals surface area contributed by atoms with E-state index in [-0.39, 0.29) is 24.5 Å². The minimum Gasteiger partial charge on any atom is -0.484 e. The van der Waals surface area contributed by atoms with Gasteiger partial charge in [-0.2, -0.15) is 0 Å². The van der Waals surface area contributed by atoms with Crippen LogP contribution in [0.15, 0.2) is 59.1 Å². The van der Waals surface area contributed by atoms with Gasteiger partial charge in [0.2, 0.25) is 5.91 Å². The van der Waals surface area contributed by atoms with E-state index in [4.69, 9.17) is 4.74 Å². The fraction of sp³-hybridized carbons (Fsp3) is 0.440. The molecule has 6 heteroatoms. The van der Waals surface area contributed by atoms with Gasteiger partial charge in [0.25, 0.3) is 5.91 Å². The second-order valence-corrected chi connectivity index (χ2v) is 8.93. The third kappa shape index (κ3) is 7.10. The fourth-order valence-corrected chi connectivity index (χ4v) is 4.27. The maximum Gasteiger partial charge on any atom is 0.261 e. The monoisotopic (exact) mass is 486 g/mol. The van der Waals surface area contributed by atoms with E-state index in [1.807, 2.05) is 61.5 Å². The van der Waals surface area contributed by atoms with Crippen LogP contribution in [0.25, 0.3) is 0 Å². The van der Waals surface area contributed by atoms with Gasteiger partial charge in [0.1, 0.15) is 11.8 Å². The predicted molar refractivity (Wildman–Crippen MR) is 126 cm³/mol. The van der Waals surface area contributed by atoms with Crippen molar-refractivity contribution < 1.29 is 14.3 Å². The van der Waals surface area contributed by atoms with E-state index in [2.05, 4.69) is 21.2 Å². The van der Waals surface area contributed by atoms with Crippen molar-refractivity contribution in [1.82, 2.24) is 10.2 Å². The predicted octanol–water partition coefficient (Wildman–Crippen LogP) is 5.08. The van der Waals surface area contributed by atoms with E-state index in [9.17, 15) is 9.59 Å². The van der Waals surface area contributed by atoms with Crippen molar-refractivity contribution in [3.8, 4) is 5.75 Å². The summed E-state index contributed by atoms with van der Waals surface area (Å²) in [7, 11) is 0.